The molecule has 0 amide bonds. The summed E-state index contributed by atoms with van der Waals surface area (Å²) >= 11 is 9.94. The molecule has 0 aliphatic carbocycles. The second-order valence-corrected chi connectivity index (χ2v) is 3.24. The van der Waals surface area contributed by atoms with Crippen LogP contribution < -0.4 is 0 Å². The van der Waals surface area contributed by atoms with Gasteiger partial charge in [-0.2, -0.15) is 0 Å². The predicted molar refractivity (Wildman–Crippen MR) is 57.5 cm³/mol. The van der Waals surface area contributed by atoms with Gasteiger partial charge >= 0.3 is 5.97 Å². The number of nitrogens with zero attached hydrogens (tertiary/aromatic N) is 1. The molecule has 0 radical (unpaired) electrons. The smallest absolute Gasteiger partial charge is 0.330 e. The third kappa shape index (κ3) is 2.75. The molecule has 0 saturated heterocycles. The lowest BCUT2D eigenvalue weighted by Crippen LogP contribution is -1.94. The molecule has 0 aliphatic rings. The summed E-state index contributed by atoms with van der Waals surface area (Å²) in [5.41, 5.74) is 0.534. The van der Waals surface area contributed by atoms with Crippen LogP contribution in [0.5, 0.6) is 0 Å². The Kier molecular flexibility index (Phi) is 3.98. The Morgan fingerprint density at radius 2 is 2.43 bits per heavy atom. The summed E-state index contributed by atoms with van der Waals surface area (Å²) in [5.74, 6) is -0.445. The van der Waals surface area contributed by atoms with Crippen molar-refractivity contribution in [3.05, 3.63) is 29.1 Å². The molecule has 14 heavy (non-hydrogen) atoms. The Bertz CT molecular complexity index is 379. The van der Waals surface area contributed by atoms with E-state index >= 15 is 0 Å². The van der Waals surface area contributed by atoms with E-state index in [1.807, 2.05) is 0 Å². The number of aromatic nitrogens is 1. The molecule has 1 heterocycles. The van der Waals surface area contributed by atoms with Crippen molar-refractivity contribution in [3.63, 3.8) is 0 Å². The molecule has 1 aromatic heterocycles. The summed E-state index contributed by atoms with van der Waals surface area (Å²) in [4.78, 5) is 15.3. The van der Waals surface area contributed by atoms with E-state index in [4.69, 9.17) is 11.6 Å². The molecule has 0 aromatic carbocycles. The van der Waals surface area contributed by atoms with Crippen LogP contribution in [0.25, 0.3) is 6.08 Å². The fourth-order valence-electron chi connectivity index (χ4n) is 0.782. The van der Waals surface area contributed by atoms with Gasteiger partial charge in [-0.3, -0.25) is 4.98 Å². The molecule has 0 aliphatic heterocycles. The van der Waals surface area contributed by atoms with Crippen LogP contribution in [0.4, 0.5) is 0 Å². The van der Waals surface area contributed by atoms with Gasteiger partial charge in [0.25, 0.3) is 0 Å². The number of hydrogen-bond acceptors (Lipinski definition) is 4. The molecule has 0 spiro atoms. The van der Waals surface area contributed by atoms with E-state index in [0.717, 1.165) is 0 Å². The topological polar surface area (TPSA) is 39.2 Å². The van der Waals surface area contributed by atoms with Crippen LogP contribution in [-0.4, -0.2) is 18.1 Å². The molecule has 74 valence electrons. The number of carbonyl (C=O) groups excluding carboxylic acids is 1. The highest BCUT2D eigenvalue weighted by Crippen LogP contribution is 2.22. The molecular weight excluding hydrogens is 222 g/mol. The van der Waals surface area contributed by atoms with Crippen molar-refractivity contribution >= 4 is 36.3 Å². The molecule has 0 N–H and O–H groups in total. The average molecular weight is 230 g/mol. The Hall–Kier alpha value is -1.000. The van der Waals surface area contributed by atoms with E-state index in [0.29, 0.717) is 15.6 Å². The van der Waals surface area contributed by atoms with Gasteiger partial charge in [-0.25, -0.2) is 4.79 Å². The van der Waals surface area contributed by atoms with Gasteiger partial charge in [-0.05, 0) is 12.1 Å². The number of esters is 1. The Balaban J connectivity index is 2.92. The van der Waals surface area contributed by atoms with Gasteiger partial charge in [-0.1, -0.05) is 11.6 Å². The van der Waals surface area contributed by atoms with Gasteiger partial charge in [0.1, 0.15) is 0 Å². The van der Waals surface area contributed by atoms with Crippen LogP contribution >= 0.6 is 24.2 Å². The molecule has 0 fully saturated rings. The van der Waals surface area contributed by atoms with E-state index < -0.39 is 5.97 Å². The van der Waals surface area contributed by atoms with Crippen molar-refractivity contribution in [2.75, 3.05) is 7.11 Å². The van der Waals surface area contributed by atoms with E-state index in [9.17, 15) is 4.79 Å². The van der Waals surface area contributed by atoms with Crippen molar-refractivity contribution < 1.29 is 9.53 Å². The highest BCUT2D eigenvalue weighted by atomic mass is 35.5. The van der Waals surface area contributed by atoms with Gasteiger partial charge in [0.2, 0.25) is 0 Å². The number of halogens is 1. The number of carbonyl (C=O) groups is 1. The summed E-state index contributed by atoms with van der Waals surface area (Å²) < 4.78 is 4.43. The molecule has 3 nitrogen and oxygen atoms in total. The first-order valence-corrected chi connectivity index (χ1v) is 4.57. The maximum Gasteiger partial charge on any atom is 0.330 e. The largest absolute Gasteiger partial charge is 0.466 e. The quantitative estimate of drug-likeness (QED) is 0.480. The Morgan fingerprint density at radius 3 is 3.07 bits per heavy atom. The number of ether oxygens (including phenoxy) is 1. The predicted octanol–water partition coefficient (Wildman–Crippen LogP) is 2.21. The normalized spacial score (nSPS) is 10.5. The van der Waals surface area contributed by atoms with Gasteiger partial charge in [0.15, 0.2) is 0 Å². The minimum atomic E-state index is -0.445. The van der Waals surface area contributed by atoms with E-state index in [-0.39, 0.29) is 0 Å². The fourth-order valence-corrected chi connectivity index (χ4v) is 1.14. The standard InChI is InChI=1S/C9H8ClNO2S/c1-13-8(12)3-2-7-9(14)6(10)4-5-11-7/h2-5,14H,1H3/b3-2+. The zero-order chi connectivity index (χ0) is 10.6. The van der Waals surface area contributed by atoms with E-state index in [1.165, 1.54) is 19.3 Å². The first-order valence-electron chi connectivity index (χ1n) is 3.74. The molecule has 0 unspecified atom stereocenters. The summed E-state index contributed by atoms with van der Waals surface area (Å²) in [6.45, 7) is 0. The summed E-state index contributed by atoms with van der Waals surface area (Å²) in [7, 11) is 1.31. The van der Waals surface area contributed by atoms with Crippen LogP contribution in [-0.2, 0) is 9.53 Å². The second-order valence-electron chi connectivity index (χ2n) is 2.38. The summed E-state index contributed by atoms with van der Waals surface area (Å²) in [6, 6.07) is 1.62. The van der Waals surface area contributed by atoms with Crippen molar-refractivity contribution in [3.8, 4) is 0 Å². The van der Waals surface area contributed by atoms with E-state index in [2.05, 4.69) is 22.3 Å². The lowest BCUT2D eigenvalue weighted by molar-refractivity contribution is -0.134. The second kappa shape index (κ2) is 5.02. The van der Waals surface area contributed by atoms with Gasteiger partial charge < -0.3 is 4.74 Å². The van der Waals surface area contributed by atoms with Gasteiger partial charge in [0, 0.05) is 17.2 Å². The first-order chi connectivity index (χ1) is 6.65. The average Bonchev–Trinajstić information content (AvgIpc) is 2.20. The minimum absolute atomic E-state index is 0.445. The zero-order valence-electron chi connectivity index (χ0n) is 7.40. The first kappa shape index (κ1) is 11.1. The van der Waals surface area contributed by atoms with Crippen molar-refractivity contribution in [1.29, 1.82) is 0 Å². The van der Waals surface area contributed by atoms with Gasteiger partial charge in [0.05, 0.1) is 17.8 Å². The Labute approximate surface area is 92.2 Å². The van der Waals surface area contributed by atoms with Crippen LogP contribution in [0, 0.1) is 0 Å². The van der Waals surface area contributed by atoms with Crippen LogP contribution in [0.2, 0.25) is 5.02 Å². The number of hydrogen-bond donors (Lipinski definition) is 1. The molecule has 0 bridgehead atoms. The van der Waals surface area contributed by atoms with Crippen LogP contribution in [0.3, 0.4) is 0 Å². The van der Waals surface area contributed by atoms with Crippen molar-refractivity contribution in [1.82, 2.24) is 4.98 Å². The molecule has 1 aromatic rings. The van der Waals surface area contributed by atoms with E-state index in [1.54, 1.807) is 12.3 Å². The summed E-state index contributed by atoms with van der Waals surface area (Å²) in [5, 5.41) is 0.493. The monoisotopic (exact) mass is 229 g/mol. The third-order valence-electron chi connectivity index (χ3n) is 1.48. The third-order valence-corrected chi connectivity index (χ3v) is 2.40. The SMILES string of the molecule is COC(=O)/C=C/c1nccc(Cl)c1S. The number of pyridine rings is 1. The fraction of sp³-hybridized carbons (Fsp3) is 0.111. The Morgan fingerprint density at radius 1 is 1.71 bits per heavy atom. The summed E-state index contributed by atoms with van der Waals surface area (Å²) in [6.07, 6.45) is 4.30. The molecular formula is C9H8ClNO2S. The zero-order valence-corrected chi connectivity index (χ0v) is 9.05. The van der Waals surface area contributed by atoms with Crippen LogP contribution in [0.1, 0.15) is 5.69 Å². The van der Waals surface area contributed by atoms with Gasteiger partial charge in [-0.15, -0.1) is 12.6 Å². The number of rotatable bonds is 2. The molecule has 5 heteroatoms. The lowest BCUT2D eigenvalue weighted by atomic mass is 10.3. The minimum Gasteiger partial charge on any atom is -0.466 e. The number of thiol groups is 1. The van der Waals surface area contributed by atoms with Crippen molar-refractivity contribution in [2.24, 2.45) is 0 Å². The highest BCUT2D eigenvalue weighted by Gasteiger charge is 2.01. The maximum atomic E-state index is 10.8. The highest BCUT2D eigenvalue weighted by molar-refractivity contribution is 7.80. The maximum absolute atomic E-state index is 10.8. The molecule has 0 saturated carbocycles. The van der Waals surface area contributed by atoms with Crippen LogP contribution in [0.15, 0.2) is 23.2 Å². The van der Waals surface area contributed by atoms with Crippen molar-refractivity contribution in [2.45, 2.75) is 4.90 Å². The molecule has 0 atom stereocenters. The lowest BCUT2D eigenvalue weighted by Gasteiger charge is -1.99. The molecule has 1 rings (SSSR count). The number of methoxy groups -OCH3 is 1.